The van der Waals surface area contributed by atoms with E-state index in [-0.39, 0.29) is 46.7 Å². The molecule has 1 amide bonds. The number of amides is 1. The second kappa shape index (κ2) is 11.4. The molecule has 0 aliphatic heterocycles. The largest absolute Gasteiger partial charge is 1.00 e. The molecule has 4 N–H and O–H groups in total. The zero-order chi connectivity index (χ0) is 26.2. The van der Waals surface area contributed by atoms with Crippen molar-refractivity contribution < 1.29 is 60.3 Å². The number of benzene rings is 2. The minimum Gasteiger partial charge on any atom is -0.663 e. The summed E-state index contributed by atoms with van der Waals surface area (Å²) in [6, 6.07) is 6.24. The van der Waals surface area contributed by atoms with E-state index in [1.807, 2.05) is 9.44 Å². The first-order chi connectivity index (χ1) is 17.0. The van der Waals surface area contributed by atoms with Gasteiger partial charge in [-0.3, -0.25) is 4.72 Å². The van der Waals surface area contributed by atoms with Crippen LogP contribution in [0.1, 0.15) is 45.8 Å². The fourth-order valence-electron chi connectivity index (χ4n) is 3.62. The molecule has 8 nitrogen and oxygen atoms in total. The molecule has 37 heavy (non-hydrogen) atoms. The van der Waals surface area contributed by atoms with Crippen molar-refractivity contribution in [2.75, 3.05) is 17.1 Å². The van der Waals surface area contributed by atoms with Crippen LogP contribution >= 0.6 is 0 Å². The molecule has 1 saturated carbocycles. The molecule has 0 unspecified atom stereocenters. The minimum absolute atomic E-state index is 0. The van der Waals surface area contributed by atoms with Gasteiger partial charge in [0.15, 0.2) is 23.3 Å². The Bertz CT molecular complexity index is 1470. The van der Waals surface area contributed by atoms with Crippen LogP contribution in [0.4, 0.5) is 34.8 Å². The second-order valence-electron chi connectivity index (χ2n) is 8.17. The molecule has 1 fully saturated rings. The van der Waals surface area contributed by atoms with E-state index in [4.69, 9.17) is 5.73 Å². The number of hydrogen-bond acceptors (Lipinski definition) is 5. The van der Waals surface area contributed by atoms with E-state index in [0.717, 1.165) is 43.8 Å². The SMILES string of the molecule is CNS(=O)(=O)Nc1nccc(Cc2cc(C([NH-])=O)c(Nc3ccc(C4CC4)cc3F)c(F)c2F)c1F.[Na+]. The molecule has 3 aromatic rings. The predicted octanol–water partition coefficient (Wildman–Crippen LogP) is 1.92. The maximum Gasteiger partial charge on any atom is 1.00 e. The standard InChI is InChI=1S/C23H21F4N5O3S.Na/c1-29-36(34,35)32-23-19(26)13(6-7-30-23)8-14-9-15(22(28)33)21(20(27)18(14)25)31-17-5-4-12(10-16(17)24)11-2-3-11;/h4-7,9-11,29H,2-3,8H2,1H3,(H4,28,30,31,32,33);/q;+1/p-1. The molecule has 1 aromatic heterocycles. The van der Waals surface area contributed by atoms with Crippen molar-refractivity contribution in [3.8, 4) is 0 Å². The van der Waals surface area contributed by atoms with Crippen LogP contribution in [-0.2, 0) is 16.6 Å². The predicted molar refractivity (Wildman–Crippen MR) is 125 cm³/mol. The molecule has 2 aromatic carbocycles. The molecule has 0 saturated heterocycles. The van der Waals surface area contributed by atoms with Gasteiger partial charge in [-0.05, 0) is 59.7 Å². The van der Waals surface area contributed by atoms with Crippen LogP contribution in [0.5, 0.6) is 0 Å². The average Bonchev–Trinajstić information content (AvgIpc) is 3.67. The number of halogens is 4. The number of nitrogens with one attached hydrogen (secondary N) is 4. The van der Waals surface area contributed by atoms with Gasteiger partial charge in [0.2, 0.25) is 0 Å². The summed E-state index contributed by atoms with van der Waals surface area (Å²) < 4.78 is 86.5. The van der Waals surface area contributed by atoms with Crippen LogP contribution in [0.2, 0.25) is 0 Å². The van der Waals surface area contributed by atoms with Gasteiger partial charge in [-0.2, -0.15) is 8.42 Å². The number of hydrogen-bond donors (Lipinski definition) is 3. The summed E-state index contributed by atoms with van der Waals surface area (Å²) in [6.07, 6.45) is 2.33. The van der Waals surface area contributed by atoms with Crippen molar-refractivity contribution in [3.05, 3.63) is 87.8 Å². The third kappa shape index (κ3) is 6.41. The third-order valence-electron chi connectivity index (χ3n) is 5.68. The zero-order valence-corrected chi connectivity index (χ0v) is 22.6. The molecule has 0 spiro atoms. The Kier molecular flexibility index (Phi) is 8.85. The Morgan fingerprint density at radius 3 is 2.35 bits per heavy atom. The van der Waals surface area contributed by atoms with Crippen molar-refractivity contribution in [1.29, 1.82) is 0 Å². The van der Waals surface area contributed by atoms with Gasteiger partial charge in [-0.25, -0.2) is 27.3 Å². The van der Waals surface area contributed by atoms with E-state index in [9.17, 15) is 26.4 Å². The fraction of sp³-hybridized carbons (Fsp3) is 0.217. The molecule has 0 bridgehead atoms. The Morgan fingerprint density at radius 1 is 1.05 bits per heavy atom. The number of anilines is 3. The summed E-state index contributed by atoms with van der Waals surface area (Å²) >= 11 is 0. The number of carbonyl (C=O) groups is 1. The summed E-state index contributed by atoms with van der Waals surface area (Å²) in [4.78, 5) is 15.5. The first-order valence-corrected chi connectivity index (χ1v) is 12.2. The van der Waals surface area contributed by atoms with Crippen molar-refractivity contribution in [1.82, 2.24) is 9.71 Å². The number of aromatic nitrogens is 1. The summed E-state index contributed by atoms with van der Waals surface area (Å²) in [5.41, 5.74) is 5.98. The summed E-state index contributed by atoms with van der Waals surface area (Å²) in [5, 5.41) is 2.36. The van der Waals surface area contributed by atoms with E-state index in [1.165, 1.54) is 12.1 Å². The Labute approximate surface area is 232 Å². The van der Waals surface area contributed by atoms with Gasteiger partial charge in [-0.1, -0.05) is 6.07 Å². The molecule has 190 valence electrons. The molecule has 1 heterocycles. The Morgan fingerprint density at radius 2 is 1.76 bits per heavy atom. The van der Waals surface area contributed by atoms with E-state index >= 15 is 4.39 Å². The average molecular weight is 545 g/mol. The molecule has 4 rings (SSSR count). The molecule has 1 aliphatic carbocycles. The van der Waals surface area contributed by atoms with Crippen LogP contribution < -0.4 is 44.3 Å². The van der Waals surface area contributed by atoms with Gasteiger partial charge in [-0.15, -0.1) is 0 Å². The first-order valence-electron chi connectivity index (χ1n) is 10.7. The number of rotatable bonds is 9. The van der Waals surface area contributed by atoms with Gasteiger partial charge in [0.1, 0.15) is 5.82 Å². The maximum absolute atomic E-state index is 15.1. The van der Waals surface area contributed by atoms with Gasteiger partial charge in [0, 0.05) is 25.2 Å². The van der Waals surface area contributed by atoms with Crippen LogP contribution in [-0.4, -0.2) is 26.4 Å². The van der Waals surface area contributed by atoms with Crippen molar-refractivity contribution in [2.45, 2.75) is 25.2 Å². The van der Waals surface area contributed by atoms with Gasteiger partial charge < -0.3 is 15.8 Å². The molecule has 0 atom stereocenters. The number of carbonyl (C=O) groups excluding carboxylic acids is 1. The van der Waals surface area contributed by atoms with E-state index in [1.54, 1.807) is 6.07 Å². The van der Waals surface area contributed by atoms with Gasteiger partial charge in [0.25, 0.3) is 10.2 Å². The number of nitrogens with zero attached hydrogens (tertiary/aromatic N) is 1. The summed E-state index contributed by atoms with van der Waals surface area (Å²) in [6.45, 7) is 0. The Balaban J connectivity index is 0.00000380. The van der Waals surface area contributed by atoms with E-state index in [2.05, 4.69) is 10.3 Å². The minimum atomic E-state index is -4.11. The normalized spacial score (nSPS) is 13.1. The van der Waals surface area contributed by atoms with Crippen molar-refractivity contribution in [3.63, 3.8) is 0 Å². The van der Waals surface area contributed by atoms with Crippen LogP contribution in [0, 0.1) is 23.3 Å². The monoisotopic (exact) mass is 545 g/mol. The fourth-order valence-corrected chi connectivity index (χ4v) is 4.12. The van der Waals surface area contributed by atoms with Crippen LogP contribution in [0.25, 0.3) is 5.73 Å². The van der Waals surface area contributed by atoms with E-state index < -0.39 is 68.4 Å². The van der Waals surface area contributed by atoms with Crippen molar-refractivity contribution in [2.24, 2.45) is 0 Å². The third-order valence-corrected chi connectivity index (χ3v) is 6.68. The summed E-state index contributed by atoms with van der Waals surface area (Å²) in [5.74, 6) is -6.69. The first kappa shape index (κ1) is 28.9. The molecule has 0 radical (unpaired) electrons. The molecular formula is C23H20F4N5NaO3S. The molecular weight excluding hydrogens is 525 g/mol. The summed E-state index contributed by atoms with van der Waals surface area (Å²) in [7, 11) is -3.02. The van der Waals surface area contributed by atoms with E-state index in [0.29, 0.717) is 0 Å². The van der Waals surface area contributed by atoms with Crippen LogP contribution in [0.15, 0.2) is 36.5 Å². The van der Waals surface area contributed by atoms with Crippen molar-refractivity contribution >= 4 is 33.3 Å². The molecule has 1 aliphatic rings. The maximum atomic E-state index is 15.1. The topological polar surface area (TPSA) is 124 Å². The smallest absolute Gasteiger partial charge is 0.663 e. The van der Waals surface area contributed by atoms with Crippen LogP contribution in [0.3, 0.4) is 0 Å². The zero-order valence-electron chi connectivity index (χ0n) is 19.8. The van der Waals surface area contributed by atoms with Gasteiger partial charge in [0.05, 0.1) is 17.3 Å². The van der Waals surface area contributed by atoms with Gasteiger partial charge >= 0.3 is 29.6 Å². The number of pyridine rings is 1. The quantitative estimate of drug-likeness (QED) is 0.280. The molecule has 14 heteroatoms. The second-order valence-corrected chi connectivity index (χ2v) is 9.79. The Hall–Kier alpha value is -2.71.